The Balaban J connectivity index is 0.945. The molecule has 9 rings (SSSR count). The molecule has 288 valence electrons. The number of rotatable bonds is 10. The van der Waals surface area contributed by atoms with E-state index in [2.05, 4.69) is 27.4 Å². The lowest BCUT2D eigenvalue weighted by Gasteiger charge is -2.62. The Hall–Kier alpha value is -1.25. The van der Waals surface area contributed by atoms with Crippen LogP contribution in [-0.2, 0) is 38.2 Å². The highest BCUT2D eigenvalue weighted by Gasteiger charge is 2.73. The highest BCUT2D eigenvalue weighted by Crippen LogP contribution is 2.65. The van der Waals surface area contributed by atoms with E-state index in [9.17, 15) is 13.2 Å². The van der Waals surface area contributed by atoms with Gasteiger partial charge in [-0.15, -0.1) is 6.58 Å². The maximum Gasteiger partial charge on any atom is 0.449 e. The molecule has 4 bridgehead atoms. The zero-order valence-corrected chi connectivity index (χ0v) is 31.2. The summed E-state index contributed by atoms with van der Waals surface area (Å²) < 4.78 is 82.8. The minimum atomic E-state index is -4.64. The molecule has 2 saturated carbocycles. The maximum absolute atomic E-state index is 14.7. The topological polar surface area (TPSA) is 77.1 Å². The Bertz CT molecular complexity index is 1400. The van der Waals surface area contributed by atoms with Crippen LogP contribution in [0, 0.1) is 41.4 Å². The second kappa shape index (κ2) is 12.6. The van der Waals surface area contributed by atoms with Crippen LogP contribution in [0.15, 0.2) is 24.0 Å². The zero-order chi connectivity index (χ0) is 36.2. The van der Waals surface area contributed by atoms with E-state index in [1.54, 1.807) is 6.08 Å². The van der Waals surface area contributed by atoms with E-state index >= 15 is 0 Å². The number of unbranched alkanes of at least 4 members (excludes halogenated alkanes) is 1. The second-order valence-electron chi connectivity index (χ2n) is 17.7. The van der Waals surface area contributed by atoms with Crippen LogP contribution >= 0.6 is 0 Å². The van der Waals surface area contributed by atoms with E-state index in [1.807, 2.05) is 25.7 Å². The number of halogens is 3. The van der Waals surface area contributed by atoms with Crippen molar-refractivity contribution in [3.63, 3.8) is 0 Å². The normalized spacial score (nSPS) is 50.0. The lowest BCUT2D eigenvalue weighted by molar-refractivity contribution is -0.585. The number of nitrogens with zero attached hydrogens (tertiary/aromatic N) is 1. The van der Waals surface area contributed by atoms with Crippen molar-refractivity contribution in [2.75, 3.05) is 26.2 Å². The first kappa shape index (κ1) is 36.7. The molecular weight excluding hydrogens is 667 g/mol. The van der Waals surface area contributed by atoms with Crippen molar-refractivity contribution >= 4 is 0 Å². The molecule has 8 fully saturated rings. The van der Waals surface area contributed by atoms with Crippen LogP contribution in [0.3, 0.4) is 0 Å². The summed E-state index contributed by atoms with van der Waals surface area (Å²) in [7, 11) is 0. The van der Waals surface area contributed by atoms with Gasteiger partial charge in [-0.2, -0.15) is 13.2 Å². The van der Waals surface area contributed by atoms with Crippen LogP contribution in [-0.4, -0.2) is 78.5 Å². The predicted molar refractivity (Wildman–Crippen MR) is 179 cm³/mol. The van der Waals surface area contributed by atoms with Crippen molar-refractivity contribution in [2.45, 2.75) is 153 Å². The number of hydrogen-bond acceptors (Lipinski definition) is 9. The number of hydrogen-bond donors (Lipinski definition) is 0. The summed E-state index contributed by atoms with van der Waals surface area (Å²) in [6.07, 6.45) is 3.69. The van der Waals surface area contributed by atoms with Crippen LogP contribution in [0.1, 0.15) is 106 Å². The van der Waals surface area contributed by atoms with Gasteiger partial charge in [-0.05, 0) is 108 Å². The Morgan fingerprint density at radius 3 is 2.24 bits per heavy atom. The SMILES string of the molecule is C=CCN(CCCCO[C@@]1(C)O[C@@H]2O[C@]3(C)CC[C@H]4[C@H](C)CC[C@@H]([C@H]1C)[C@@]24OO3)CC1=C(C(F)(F)F)O[C@@H]2O[C@@]3(C)CC[C@H]4[C@H](C)CC[C@@H]1[C@@]24O3. The standard InChI is InChI=1S/C39H58F3NO8/c1-8-19-43(22-26-30-14-12-23(2)27-15-17-34(5)46-32(37(27,30)49-34)45-31(26)39(40,41)42)20-9-10-21-44-36(7)25(4)29-13-11-24(3)28-16-18-35(6)47-33(48-36)38(28,29)51-50-35/h8,23-25,27-30,32-33H,1,9-22H2,2-7H3/t23-,24-,25-,27+,28+,29+,30+,32-,33+,34-,35+,36+,37-,38-/m1/s1. The summed E-state index contributed by atoms with van der Waals surface area (Å²) in [5, 5.41) is 0. The van der Waals surface area contributed by atoms with Crippen LogP contribution < -0.4 is 0 Å². The molecule has 7 heterocycles. The van der Waals surface area contributed by atoms with Gasteiger partial charge in [0.15, 0.2) is 23.5 Å². The number of fused-ring (bicyclic) bond motifs is 3. The Kier molecular flexibility index (Phi) is 9.10. The van der Waals surface area contributed by atoms with Crippen molar-refractivity contribution in [1.82, 2.24) is 4.90 Å². The van der Waals surface area contributed by atoms with Gasteiger partial charge in [-0.1, -0.05) is 26.8 Å². The van der Waals surface area contributed by atoms with E-state index in [0.29, 0.717) is 50.8 Å². The van der Waals surface area contributed by atoms with Gasteiger partial charge in [0.2, 0.25) is 17.8 Å². The van der Waals surface area contributed by atoms with Crippen LogP contribution in [0.25, 0.3) is 0 Å². The summed E-state index contributed by atoms with van der Waals surface area (Å²) in [5.41, 5.74) is -1.28. The van der Waals surface area contributed by atoms with Gasteiger partial charge in [0.25, 0.3) is 0 Å². The van der Waals surface area contributed by atoms with Gasteiger partial charge in [0.05, 0.1) is 6.61 Å². The summed E-state index contributed by atoms with van der Waals surface area (Å²) in [6.45, 7) is 18.0. The maximum atomic E-state index is 14.7. The molecule has 0 aromatic heterocycles. The molecule has 0 aromatic rings. The first-order chi connectivity index (χ1) is 24.1. The van der Waals surface area contributed by atoms with Crippen molar-refractivity contribution in [3.05, 3.63) is 24.0 Å². The summed E-state index contributed by atoms with van der Waals surface area (Å²) in [5.74, 6) is -2.67. The molecule has 12 heteroatoms. The average molecular weight is 726 g/mol. The van der Waals surface area contributed by atoms with Crippen molar-refractivity contribution in [2.24, 2.45) is 41.4 Å². The van der Waals surface area contributed by atoms with Gasteiger partial charge in [0.1, 0.15) is 5.60 Å². The Labute approximate surface area is 300 Å². The number of ether oxygens (including phenoxy) is 6. The first-order valence-electron chi connectivity index (χ1n) is 19.6. The first-order valence-corrected chi connectivity index (χ1v) is 19.6. The third-order valence-electron chi connectivity index (χ3n) is 14.5. The third kappa shape index (κ3) is 5.70. The molecule has 0 amide bonds. The molecular formula is C39H58F3NO8. The second-order valence-corrected chi connectivity index (χ2v) is 17.7. The summed E-state index contributed by atoms with van der Waals surface area (Å²) >= 11 is 0. The van der Waals surface area contributed by atoms with Gasteiger partial charge >= 0.3 is 6.18 Å². The molecule has 7 aliphatic heterocycles. The van der Waals surface area contributed by atoms with Gasteiger partial charge < -0.3 is 28.4 Å². The fourth-order valence-corrected chi connectivity index (χ4v) is 11.8. The zero-order valence-electron chi connectivity index (χ0n) is 31.2. The van der Waals surface area contributed by atoms with Crippen molar-refractivity contribution < 1.29 is 51.4 Å². The smallest absolute Gasteiger partial charge is 0.449 e. The van der Waals surface area contributed by atoms with Crippen LogP contribution in [0.5, 0.6) is 0 Å². The van der Waals surface area contributed by atoms with E-state index in [-0.39, 0.29) is 35.8 Å². The molecule has 0 aromatic carbocycles. The van der Waals surface area contributed by atoms with E-state index in [0.717, 1.165) is 44.9 Å². The molecule has 2 spiro atoms. The molecule has 0 N–H and O–H groups in total. The van der Waals surface area contributed by atoms with Gasteiger partial charge in [-0.25, -0.2) is 9.78 Å². The lowest BCUT2D eigenvalue weighted by atomic mass is 9.57. The molecule has 2 aliphatic carbocycles. The molecule has 9 nitrogen and oxygen atoms in total. The lowest BCUT2D eigenvalue weighted by Crippen LogP contribution is -2.72. The molecule has 0 radical (unpaired) electrons. The quantitative estimate of drug-likeness (QED) is 0.127. The van der Waals surface area contributed by atoms with E-state index in [1.165, 1.54) is 0 Å². The highest BCUT2D eigenvalue weighted by molar-refractivity contribution is 5.30. The molecule has 51 heavy (non-hydrogen) atoms. The number of allylic oxidation sites excluding steroid dienone is 1. The molecule has 14 atom stereocenters. The summed E-state index contributed by atoms with van der Waals surface area (Å²) in [4.78, 5) is 14.3. The molecule has 9 aliphatic rings. The minimum absolute atomic E-state index is 0.0309. The van der Waals surface area contributed by atoms with Crippen molar-refractivity contribution in [1.29, 1.82) is 0 Å². The van der Waals surface area contributed by atoms with E-state index in [4.69, 9.17) is 38.2 Å². The minimum Gasteiger partial charge on any atom is -0.456 e. The van der Waals surface area contributed by atoms with Gasteiger partial charge in [0, 0.05) is 43.7 Å². The Morgan fingerprint density at radius 2 is 1.51 bits per heavy atom. The van der Waals surface area contributed by atoms with E-state index < -0.39 is 59.0 Å². The fraction of sp³-hybridized carbons (Fsp3) is 0.897. The summed E-state index contributed by atoms with van der Waals surface area (Å²) in [6, 6.07) is 0. The largest absolute Gasteiger partial charge is 0.456 e. The monoisotopic (exact) mass is 725 g/mol. The average Bonchev–Trinajstić information content (AvgIpc) is 3.13. The Morgan fingerprint density at radius 1 is 0.824 bits per heavy atom. The van der Waals surface area contributed by atoms with Crippen molar-refractivity contribution in [3.8, 4) is 0 Å². The number of alkyl halides is 3. The predicted octanol–water partition coefficient (Wildman–Crippen LogP) is 8.00. The fourth-order valence-electron chi connectivity index (χ4n) is 11.8. The molecule has 6 saturated heterocycles. The van der Waals surface area contributed by atoms with Gasteiger partial charge in [-0.3, -0.25) is 4.90 Å². The van der Waals surface area contributed by atoms with Crippen LogP contribution in [0.4, 0.5) is 13.2 Å². The molecule has 0 unspecified atom stereocenters. The van der Waals surface area contributed by atoms with Crippen LogP contribution in [0.2, 0.25) is 0 Å². The third-order valence-corrected chi connectivity index (χ3v) is 14.5. The highest BCUT2D eigenvalue weighted by atomic mass is 19.4.